The number of nitrogens with two attached hydrogens (primary N) is 1. The highest BCUT2D eigenvalue weighted by Gasteiger charge is 2.10. The molecule has 0 atom stereocenters. The number of aryl methyl sites for hydroxylation is 1. The van der Waals surface area contributed by atoms with Crippen LogP contribution >= 0.6 is 34.8 Å². The fraction of sp³-hybridized carbons (Fsp3) is 0.143. The number of nitrogen functional groups attached to an aromatic ring is 1. The average molecular weight is 332 g/mol. The third-order valence-electron chi connectivity index (χ3n) is 2.84. The smallest absolute Gasteiger partial charge is 0.143 e. The third-order valence-corrected chi connectivity index (χ3v) is 3.97. The van der Waals surface area contributed by atoms with Gasteiger partial charge in [0.05, 0.1) is 34.2 Å². The molecule has 2 rings (SSSR count). The minimum Gasteiger partial charge on any atom is -0.495 e. The van der Waals surface area contributed by atoms with Crippen LogP contribution in [0.15, 0.2) is 24.3 Å². The number of hydrogen-bond donors (Lipinski definition) is 2. The Balaban J connectivity index is 2.44. The normalized spacial score (nSPS) is 10.4. The van der Waals surface area contributed by atoms with Gasteiger partial charge in [-0.3, -0.25) is 0 Å². The van der Waals surface area contributed by atoms with Gasteiger partial charge < -0.3 is 15.8 Å². The van der Waals surface area contributed by atoms with Crippen LogP contribution in [0.2, 0.25) is 15.1 Å². The number of halogens is 3. The van der Waals surface area contributed by atoms with Gasteiger partial charge in [0.2, 0.25) is 0 Å². The summed E-state index contributed by atoms with van der Waals surface area (Å²) >= 11 is 18.0. The summed E-state index contributed by atoms with van der Waals surface area (Å²) in [5, 5.41) is 4.65. The van der Waals surface area contributed by atoms with Crippen molar-refractivity contribution in [1.82, 2.24) is 0 Å². The first-order valence-corrected chi connectivity index (χ1v) is 6.91. The molecule has 2 aromatic rings. The van der Waals surface area contributed by atoms with Crippen molar-refractivity contribution in [2.24, 2.45) is 0 Å². The molecule has 106 valence electrons. The van der Waals surface area contributed by atoms with E-state index in [2.05, 4.69) is 5.32 Å². The second-order valence-electron chi connectivity index (χ2n) is 4.28. The molecule has 0 aliphatic heterocycles. The Morgan fingerprint density at radius 3 is 2.25 bits per heavy atom. The van der Waals surface area contributed by atoms with Crippen molar-refractivity contribution in [2.45, 2.75) is 6.92 Å². The van der Waals surface area contributed by atoms with Crippen LogP contribution in [0.1, 0.15) is 5.56 Å². The minimum absolute atomic E-state index is 0.411. The molecule has 0 aromatic heterocycles. The van der Waals surface area contributed by atoms with Crippen LogP contribution in [0.25, 0.3) is 0 Å². The fourth-order valence-corrected chi connectivity index (χ4v) is 2.23. The van der Waals surface area contributed by atoms with Crippen LogP contribution in [0.4, 0.5) is 17.1 Å². The van der Waals surface area contributed by atoms with Crippen molar-refractivity contribution < 1.29 is 4.74 Å². The Bertz CT molecular complexity index is 659. The number of methoxy groups -OCH3 is 1. The monoisotopic (exact) mass is 330 g/mol. The molecule has 0 spiro atoms. The second kappa shape index (κ2) is 6.00. The van der Waals surface area contributed by atoms with Crippen LogP contribution in [-0.2, 0) is 0 Å². The Hall–Kier alpha value is -1.29. The number of benzene rings is 2. The highest BCUT2D eigenvalue weighted by Crippen LogP contribution is 2.37. The molecule has 0 saturated carbocycles. The Morgan fingerprint density at radius 1 is 0.950 bits per heavy atom. The lowest BCUT2D eigenvalue weighted by Gasteiger charge is -2.15. The van der Waals surface area contributed by atoms with Crippen LogP contribution < -0.4 is 15.8 Å². The van der Waals surface area contributed by atoms with Crippen LogP contribution in [-0.4, -0.2) is 7.11 Å². The molecule has 0 amide bonds. The molecule has 0 heterocycles. The third kappa shape index (κ3) is 3.06. The Kier molecular flexibility index (Phi) is 4.53. The van der Waals surface area contributed by atoms with E-state index in [9.17, 15) is 0 Å². The fourth-order valence-electron chi connectivity index (χ4n) is 1.75. The first-order chi connectivity index (χ1) is 9.42. The Labute approximate surface area is 132 Å². The number of rotatable bonds is 3. The summed E-state index contributed by atoms with van der Waals surface area (Å²) in [6, 6.07) is 6.89. The molecule has 0 unspecified atom stereocenters. The van der Waals surface area contributed by atoms with Gasteiger partial charge in [-0.1, -0.05) is 34.8 Å². The van der Waals surface area contributed by atoms with E-state index < -0.39 is 0 Å². The maximum atomic E-state index is 6.07. The van der Waals surface area contributed by atoms with Crippen molar-refractivity contribution in [1.29, 1.82) is 0 Å². The first-order valence-electron chi connectivity index (χ1n) is 5.78. The molecule has 0 saturated heterocycles. The van der Waals surface area contributed by atoms with E-state index in [0.717, 1.165) is 11.3 Å². The maximum Gasteiger partial charge on any atom is 0.143 e. The molecular formula is C14H13Cl3N2O. The van der Waals surface area contributed by atoms with Gasteiger partial charge in [0.15, 0.2) is 0 Å². The molecule has 0 bridgehead atoms. The zero-order valence-corrected chi connectivity index (χ0v) is 13.2. The van der Waals surface area contributed by atoms with E-state index in [4.69, 9.17) is 45.3 Å². The molecule has 3 N–H and O–H groups in total. The summed E-state index contributed by atoms with van der Waals surface area (Å²) in [6.07, 6.45) is 0. The molecule has 3 nitrogen and oxygen atoms in total. The SMILES string of the molecule is COc1cc(Cl)c(C)cc1Nc1cc(Cl)c(Cl)cc1N. The average Bonchev–Trinajstić information content (AvgIpc) is 2.39. The van der Waals surface area contributed by atoms with Gasteiger partial charge in [-0.2, -0.15) is 0 Å². The van der Waals surface area contributed by atoms with E-state index in [1.54, 1.807) is 25.3 Å². The van der Waals surface area contributed by atoms with Gasteiger partial charge in [-0.15, -0.1) is 0 Å². The summed E-state index contributed by atoms with van der Waals surface area (Å²) in [5.74, 6) is 0.617. The quantitative estimate of drug-likeness (QED) is 0.751. The van der Waals surface area contributed by atoms with Gasteiger partial charge in [-0.05, 0) is 30.7 Å². The highest BCUT2D eigenvalue weighted by atomic mass is 35.5. The van der Waals surface area contributed by atoms with Gasteiger partial charge in [-0.25, -0.2) is 0 Å². The number of anilines is 3. The summed E-state index contributed by atoms with van der Waals surface area (Å²) in [4.78, 5) is 0. The van der Waals surface area contributed by atoms with Gasteiger partial charge in [0.1, 0.15) is 5.75 Å². The van der Waals surface area contributed by atoms with Gasteiger partial charge >= 0.3 is 0 Å². The molecule has 2 aromatic carbocycles. The van der Waals surface area contributed by atoms with Gasteiger partial charge in [0.25, 0.3) is 0 Å². The molecule has 20 heavy (non-hydrogen) atoms. The summed E-state index contributed by atoms with van der Waals surface area (Å²) in [5.41, 5.74) is 8.75. The number of nitrogens with one attached hydrogen (secondary N) is 1. The first kappa shape index (κ1) is 15.1. The number of hydrogen-bond acceptors (Lipinski definition) is 3. The molecule has 0 aliphatic carbocycles. The van der Waals surface area contributed by atoms with E-state index in [1.807, 2.05) is 13.0 Å². The van der Waals surface area contributed by atoms with Gasteiger partial charge in [0, 0.05) is 11.1 Å². The summed E-state index contributed by atoms with van der Waals surface area (Å²) < 4.78 is 5.30. The lowest BCUT2D eigenvalue weighted by molar-refractivity contribution is 0.417. The minimum atomic E-state index is 0.411. The van der Waals surface area contributed by atoms with E-state index in [1.165, 1.54) is 0 Å². The van der Waals surface area contributed by atoms with Crippen molar-refractivity contribution in [3.8, 4) is 5.75 Å². The zero-order chi connectivity index (χ0) is 14.9. The Morgan fingerprint density at radius 2 is 1.60 bits per heavy atom. The van der Waals surface area contributed by atoms with Crippen molar-refractivity contribution in [3.63, 3.8) is 0 Å². The van der Waals surface area contributed by atoms with Crippen LogP contribution in [0.5, 0.6) is 5.75 Å². The molecule has 0 radical (unpaired) electrons. The maximum absolute atomic E-state index is 6.07. The second-order valence-corrected chi connectivity index (χ2v) is 5.50. The lowest BCUT2D eigenvalue weighted by atomic mass is 10.2. The molecule has 6 heteroatoms. The topological polar surface area (TPSA) is 47.3 Å². The van der Waals surface area contributed by atoms with E-state index >= 15 is 0 Å². The summed E-state index contributed by atoms with van der Waals surface area (Å²) in [7, 11) is 1.57. The van der Waals surface area contributed by atoms with Crippen molar-refractivity contribution in [3.05, 3.63) is 44.9 Å². The standard InChI is InChI=1S/C14H13Cl3N2O/c1-7-3-13(14(20-2)6-8(7)15)19-12-5-10(17)9(16)4-11(12)18/h3-6,19H,18H2,1-2H3. The molecule has 0 fully saturated rings. The lowest BCUT2D eigenvalue weighted by Crippen LogP contribution is -1.99. The predicted molar refractivity (Wildman–Crippen MR) is 86.9 cm³/mol. The summed E-state index contributed by atoms with van der Waals surface area (Å²) in [6.45, 7) is 1.91. The highest BCUT2D eigenvalue weighted by molar-refractivity contribution is 6.42. The zero-order valence-electron chi connectivity index (χ0n) is 10.9. The largest absolute Gasteiger partial charge is 0.495 e. The van der Waals surface area contributed by atoms with Crippen LogP contribution in [0, 0.1) is 6.92 Å². The van der Waals surface area contributed by atoms with E-state index in [-0.39, 0.29) is 0 Å². The number of ether oxygens (including phenoxy) is 1. The van der Waals surface area contributed by atoms with E-state index in [0.29, 0.717) is 32.2 Å². The van der Waals surface area contributed by atoms with Crippen LogP contribution in [0.3, 0.4) is 0 Å². The molecular weight excluding hydrogens is 319 g/mol. The molecule has 0 aliphatic rings. The van der Waals surface area contributed by atoms with Crippen molar-refractivity contribution in [2.75, 3.05) is 18.2 Å². The predicted octanol–water partition coefficient (Wildman–Crippen LogP) is 5.29. The van der Waals surface area contributed by atoms with Crippen molar-refractivity contribution >= 4 is 51.9 Å².